The molecule has 2 aromatic carbocycles. The van der Waals surface area contributed by atoms with E-state index in [1.54, 1.807) is 0 Å². The Bertz CT molecular complexity index is 1120. The van der Waals surface area contributed by atoms with Crippen LogP contribution >= 0.6 is 11.6 Å². The van der Waals surface area contributed by atoms with E-state index in [0.29, 0.717) is 11.1 Å². The zero-order chi connectivity index (χ0) is 24.1. The Labute approximate surface area is 182 Å². The summed E-state index contributed by atoms with van der Waals surface area (Å²) in [7, 11) is -4.09. The molecule has 0 amide bonds. The predicted molar refractivity (Wildman–Crippen MR) is 103 cm³/mol. The first-order chi connectivity index (χ1) is 14.6. The molecule has 14 heteroatoms. The third kappa shape index (κ3) is 4.11. The number of nitrogens with zero attached hydrogens (tertiary/aromatic N) is 2. The highest BCUT2D eigenvalue weighted by molar-refractivity contribution is 7.89. The lowest BCUT2D eigenvalue weighted by atomic mass is 10.0. The highest BCUT2D eigenvalue weighted by atomic mass is 35.5. The number of nitrogens with two attached hydrogens (primary N) is 1. The standard InChI is InChI=1S/C18H13ClF7N3O2S/c19-11-1-3-13(4-2-11)29-15(16(20,21)17(22,23)18(24,25)26)9-10-28(29)12-5-7-14(8-6-12)32(27,30)31/h1-10,15H,(H2,27,30,31). The maximum absolute atomic E-state index is 14.6. The van der Waals surface area contributed by atoms with Gasteiger partial charge in [-0.1, -0.05) is 11.6 Å². The molecule has 2 N–H and O–H groups in total. The summed E-state index contributed by atoms with van der Waals surface area (Å²) < 4.78 is 118. The van der Waals surface area contributed by atoms with Crippen LogP contribution in [0.25, 0.3) is 0 Å². The van der Waals surface area contributed by atoms with E-state index in [1.807, 2.05) is 0 Å². The molecule has 0 fully saturated rings. The van der Waals surface area contributed by atoms with Crippen molar-refractivity contribution >= 4 is 33.0 Å². The van der Waals surface area contributed by atoms with Crippen LogP contribution in [0.2, 0.25) is 5.02 Å². The van der Waals surface area contributed by atoms with Crippen LogP contribution in [-0.2, 0) is 10.0 Å². The number of halogens is 8. The second kappa shape index (κ2) is 7.81. The van der Waals surface area contributed by atoms with Gasteiger partial charge < -0.3 is 0 Å². The van der Waals surface area contributed by atoms with Crippen LogP contribution in [-0.4, -0.2) is 32.5 Å². The van der Waals surface area contributed by atoms with Crippen molar-refractivity contribution in [2.24, 2.45) is 5.14 Å². The van der Waals surface area contributed by atoms with Crippen LogP contribution < -0.4 is 15.2 Å². The maximum atomic E-state index is 14.6. The molecule has 32 heavy (non-hydrogen) atoms. The molecule has 3 rings (SSSR count). The summed E-state index contributed by atoms with van der Waals surface area (Å²) in [6.07, 6.45) is -5.16. The molecule has 174 valence electrons. The van der Waals surface area contributed by atoms with Crippen LogP contribution in [0.1, 0.15) is 0 Å². The van der Waals surface area contributed by atoms with E-state index in [0.717, 1.165) is 47.6 Å². The number of hydrazine groups is 1. The van der Waals surface area contributed by atoms with Crippen LogP contribution in [0.3, 0.4) is 0 Å². The molecular weight excluding hydrogens is 491 g/mol. The summed E-state index contributed by atoms with van der Waals surface area (Å²) in [6, 6.07) is 6.29. The van der Waals surface area contributed by atoms with Crippen LogP contribution in [0.4, 0.5) is 42.1 Å². The van der Waals surface area contributed by atoms with E-state index >= 15 is 0 Å². The predicted octanol–water partition coefficient (Wildman–Crippen LogP) is 4.94. The number of primary sulfonamides is 1. The van der Waals surface area contributed by atoms with E-state index in [2.05, 4.69) is 0 Å². The molecule has 0 radical (unpaired) electrons. The van der Waals surface area contributed by atoms with Gasteiger partial charge in [0.25, 0.3) is 0 Å². The number of benzene rings is 2. The van der Waals surface area contributed by atoms with Gasteiger partial charge in [0.15, 0.2) is 0 Å². The Balaban J connectivity index is 2.10. The topological polar surface area (TPSA) is 66.6 Å². The second-order valence-corrected chi connectivity index (χ2v) is 8.68. The molecule has 0 aliphatic carbocycles. The fourth-order valence-corrected chi connectivity index (χ4v) is 3.62. The molecule has 5 nitrogen and oxygen atoms in total. The largest absolute Gasteiger partial charge is 0.459 e. The lowest BCUT2D eigenvalue weighted by Gasteiger charge is -2.40. The molecule has 1 unspecified atom stereocenters. The molecule has 0 saturated heterocycles. The number of sulfonamides is 1. The maximum Gasteiger partial charge on any atom is 0.459 e. The van der Waals surface area contributed by atoms with Crippen molar-refractivity contribution in [2.45, 2.75) is 29.0 Å². The fraction of sp³-hybridized carbons (Fsp3) is 0.222. The Kier molecular flexibility index (Phi) is 5.89. The van der Waals surface area contributed by atoms with Gasteiger partial charge in [-0.25, -0.2) is 13.6 Å². The molecular formula is C18H13ClF7N3O2S. The third-order valence-electron chi connectivity index (χ3n) is 4.57. The summed E-state index contributed by atoms with van der Waals surface area (Å²) in [5.41, 5.74) is -0.199. The first-order valence-electron chi connectivity index (χ1n) is 8.55. The van der Waals surface area contributed by atoms with E-state index in [9.17, 15) is 39.2 Å². The van der Waals surface area contributed by atoms with Gasteiger partial charge in [0.05, 0.1) is 16.3 Å². The Morgan fingerprint density at radius 2 is 1.34 bits per heavy atom. The van der Waals surface area contributed by atoms with E-state index in [-0.39, 0.29) is 21.3 Å². The number of hydrogen-bond acceptors (Lipinski definition) is 4. The van der Waals surface area contributed by atoms with Gasteiger partial charge in [-0.15, -0.1) is 0 Å². The van der Waals surface area contributed by atoms with Crippen molar-refractivity contribution in [1.29, 1.82) is 0 Å². The molecule has 0 saturated carbocycles. The van der Waals surface area contributed by atoms with Gasteiger partial charge >= 0.3 is 18.0 Å². The molecule has 2 aromatic rings. The fourth-order valence-electron chi connectivity index (χ4n) is 2.98. The highest BCUT2D eigenvalue weighted by Crippen LogP contribution is 2.51. The number of alkyl halides is 7. The zero-order valence-corrected chi connectivity index (χ0v) is 17.1. The SMILES string of the molecule is NS(=O)(=O)c1ccc(N2C=CC(C(F)(F)C(F)(F)C(F)(F)F)N2c2ccc(Cl)cc2)cc1. The average molecular weight is 504 g/mol. The minimum Gasteiger partial charge on any atom is -0.268 e. The lowest BCUT2D eigenvalue weighted by molar-refractivity contribution is -0.356. The van der Waals surface area contributed by atoms with Gasteiger partial charge in [-0.2, -0.15) is 30.7 Å². The van der Waals surface area contributed by atoms with Crippen molar-refractivity contribution < 1.29 is 39.2 Å². The van der Waals surface area contributed by atoms with Gasteiger partial charge in [0.2, 0.25) is 10.0 Å². The minimum absolute atomic E-state index is 0.0165. The van der Waals surface area contributed by atoms with Crippen molar-refractivity contribution in [1.82, 2.24) is 0 Å². The highest BCUT2D eigenvalue weighted by Gasteiger charge is 2.76. The molecule has 0 spiro atoms. The Morgan fingerprint density at radius 1 is 0.844 bits per heavy atom. The van der Waals surface area contributed by atoms with E-state index in [1.165, 1.54) is 12.1 Å². The first kappa shape index (κ1) is 24.1. The minimum atomic E-state index is -6.51. The van der Waals surface area contributed by atoms with E-state index < -0.39 is 34.1 Å². The Morgan fingerprint density at radius 3 is 1.81 bits per heavy atom. The van der Waals surface area contributed by atoms with Crippen molar-refractivity contribution in [3.05, 3.63) is 65.8 Å². The molecule has 1 aliphatic heterocycles. The van der Waals surface area contributed by atoms with Gasteiger partial charge in [-0.05, 0) is 54.6 Å². The van der Waals surface area contributed by atoms with Crippen molar-refractivity contribution in [3.8, 4) is 0 Å². The average Bonchev–Trinajstić information content (AvgIpc) is 3.13. The molecule has 0 bridgehead atoms. The number of rotatable bonds is 5. The number of hydrogen-bond donors (Lipinski definition) is 1. The normalized spacial score (nSPS) is 17.8. The zero-order valence-electron chi connectivity index (χ0n) is 15.6. The summed E-state index contributed by atoms with van der Waals surface area (Å²) in [5, 5.41) is 6.55. The smallest absolute Gasteiger partial charge is 0.268 e. The van der Waals surface area contributed by atoms with Crippen molar-refractivity contribution in [3.63, 3.8) is 0 Å². The van der Waals surface area contributed by atoms with E-state index in [4.69, 9.17) is 16.7 Å². The monoisotopic (exact) mass is 503 g/mol. The summed E-state index contributed by atoms with van der Waals surface area (Å²) in [5.74, 6) is -11.9. The Hall–Kier alpha value is -2.51. The first-order valence-corrected chi connectivity index (χ1v) is 10.5. The van der Waals surface area contributed by atoms with Crippen molar-refractivity contribution in [2.75, 3.05) is 10.0 Å². The third-order valence-corrected chi connectivity index (χ3v) is 5.75. The second-order valence-electron chi connectivity index (χ2n) is 6.69. The van der Waals surface area contributed by atoms with Gasteiger partial charge in [0, 0.05) is 11.2 Å². The van der Waals surface area contributed by atoms with Crippen LogP contribution in [0.15, 0.2) is 65.7 Å². The van der Waals surface area contributed by atoms with Crippen LogP contribution in [0.5, 0.6) is 0 Å². The summed E-state index contributed by atoms with van der Waals surface area (Å²) in [6.45, 7) is 0. The molecule has 1 atom stereocenters. The lowest BCUT2D eigenvalue weighted by Crippen LogP contribution is -2.62. The molecule has 0 aromatic heterocycles. The van der Waals surface area contributed by atoms with Gasteiger partial charge in [-0.3, -0.25) is 10.0 Å². The quantitative estimate of drug-likeness (QED) is 0.587. The van der Waals surface area contributed by atoms with Gasteiger partial charge in [0.1, 0.15) is 6.04 Å². The molecule has 1 heterocycles. The summed E-state index contributed by atoms with van der Waals surface area (Å²) >= 11 is 5.76. The number of anilines is 2. The summed E-state index contributed by atoms with van der Waals surface area (Å²) in [4.78, 5) is -0.326. The molecule has 1 aliphatic rings. The van der Waals surface area contributed by atoms with Crippen LogP contribution in [0, 0.1) is 0 Å².